The van der Waals surface area contributed by atoms with Crippen LogP contribution in [0.4, 0.5) is 0 Å². The Kier molecular flexibility index (Phi) is 4.67. The Morgan fingerprint density at radius 1 is 1.00 bits per heavy atom. The second-order valence-electron chi connectivity index (χ2n) is 4.25. The molecule has 0 amide bonds. The van der Waals surface area contributed by atoms with Crippen molar-refractivity contribution < 1.29 is 5.11 Å². The molecule has 0 aromatic heterocycles. The Labute approximate surface area is 112 Å². The Morgan fingerprint density at radius 3 is 2.33 bits per heavy atom. The molecule has 2 aromatic rings. The van der Waals surface area contributed by atoms with Gasteiger partial charge in [0.1, 0.15) is 5.75 Å². The number of nitrogens with two attached hydrogens (primary N) is 1. The Bertz CT molecular complexity index is 470. The van der Waals surface area contributed by atoms with E-state index in [0.29, 0.717) is 5.75 Å². The van der Waals surface area contributed by atoms with Gasteiger partial charge in [-0.1, -0.05) is 30.3 Å². The first kappa shape index (κ1) is 13.0. The van der Waals surface area contributed by atoms with E-state index >= 15 is 0 Å². The number of thioether (sulfide) groups is 1. The van der Waals surface area contributed by atoms with Crippen LogP contribution in [0.3, 0.4) is 0 Å². The monoisotopic (exact) mass is 259 g/mol. The summed E-state index contributed by atoms with van der Waals surface area (Å²) in [5.41, 5.74) is 7.27. The van der Waals surface area contributed by atoms with Gasteiger partial charge >= 0.3 is 0 Å². The number of rotatable bonds is 5. The van der Waals surface area contributed by atoms with Crippen LogP contribution in [0.15, 0.2) is 59.5 Å². The maximum Gasteiger partial charge on any atom is 0.115 e. The van der Waals surface area contributed by atoms with Crippen molar-refractivity contribution >= 4 is 11.8 Å². The Morgan fingerprint density at radius 2 is 1.67 bits per heavy atom. The summed E-state index contributed by atoms with van der Waals surface area (Å²) in [6.45, 7) is 0. The molecule has 0 bridgehead atoms. The second kappa shape index (κ2) is 6.47. The van der Waals surface area contributed by atoms with Crippen molar-refractivity contribution in [2.45, 2.75) is 17.4 Å². The fraction of sp³-hybridized carbons (Fsp3) is 0.200. The second-order valence-corrected chi connectivity index (χ2v) is 5.35. The summed E-state index contributed by atoms with van der Waals surface area (Å²) in [6, 6.07) is 17.6. The van der Waals surface area contributed by atoms with E-state index in [1.807, 2.05) is 30.3 Å². The van der Waals surface area contributed by atoms with E-state index in [1.165, 1.54) is 4.90 Å². The van der Waals surface area contributed by atoms with Crippen LogP contribution < -0.4 is 5.73 Å². The molecule has 0 heterocycles. The lowest BCUT2D eigenvalue weighted by atomic mass is 10.1. The standard InChI is InChI=1S/C15H17NOS/c16-13(10-12-6-8-14(17)9-7-12)11-18-15-4-2-1-3-5-15/h1-9,13,17H,10-11,16H2. The van der Waals surface area contributed by atoms with Crippen LogP contribution in [0.25, 0.3) is 0 Å². The summed E-state index contributed by atoms with van der Waals surface area (Å²) in [6.07, 6.45) is 0.833. The van der Waals surface area contributed by atoms with Gasteiger partial charge in [-0.15, -0.1) is 11.8 Å². The molecular formula is C15H17NOS. The first-order valence-electron chi connectivity index (χ1n) is 5.95. The highest BCUT2D eigenvalue weighted by molar-refractivity contribution is 7.99. The average molecular weight is 259 g/mol. The van der Waals surface area contributed by atoms with Gasteiger partial charge in [-0.05, 0) is 36.2 Å². The smallest absolute Gasteiger partial charge is 0.115 e. The van der Waals surface area contributed by atoms with Crippen molar-refractivity contribution in [3.8, 4) is 5.75 Å². The van der Waals surface area contributed by atoms with E-state index in [9.17, 15) is 5.11 Å². The average Bonchev–Trinajstić information content (AvgIpc) is 2.40. The Balaban J connectivity index is 1.82. The van der Waals surface area contributed by atoms with Crippen LogP contribution in [0.2, 0.25) is 0 Å². The van der Waals surface area contributed by atoms with Crippen molar-refractivity contribution in [3.63, 3.8) is 0 Å². The molecule has 0 aliphatic carbocycles. The summed E-state index contributed by atoms with van der Waals surface area (Å²) in [5, 5.41) is 9.21. The predicted molar refractivity (Wildman–Crippen MR) is 77.0 cm³/mol. The quantitative estimate of drug-likeness (QED) is 0.811. The molecule has 0 aliphatic heterocycles. The van der Waals surface area contributed by atoms with Gasteiger partial charge < -0.3 is 10.8 Å². The zero-order valence-electron chi connectivity index (χ0n) is 10.1. The summed E-state index contributed by atoms with van der Waals surface area (Å²) >= 11 is 1.78. The van der Waals surface area contributed by atoms with Crippen LogP contribution in [0.5, 0.6) is 5.75 Å². The van der Waals surface area contributed by atoms with Crippen LogP contribution in [0, 0.1) is 0 Å². The maximum absolute atomic E-state index is 9.21. The maximum atomic E-state index is 9.21. The van der Waals surface area contributed by atoms with Gasteiger partial charge in [-0.3, -0.25) is 0 Å². The van der Waals surface area contributed by atoms with Crippen molar-refractivity contribution in [1.82, 2.24) is 0 Å². The summed E-state index contributed by atoms with van der Waals surface area (Å²) in [5.74, 6) is 1.19. The molecule has 1 atom stereocenters. The lowest BCUT2D eigenvalue weighted by Gasteiger charge is -2.11. The van der Waals surface area contributed by atoms with E-state index in [0.717, 1.165) is 17.7 Å². The van der Waals surface area contributed by atoms with Crippen LogP contribution in [-0.4, -0.2) is 16.9 Å². The van der Waals surface area contributed by atoms with Gasteiger partial charge in [-0.2, -0.15) is 0 Å². The molecule has 18 heavy (non-hydrogen) atoms. The lowest BCUT2D eigenvalue weighted by molar-refractivity contribution is 0.475. The number of phenols is 1. The van der Waals surface area contributed by atoms with Gasteiger partial charge in [0.25, 0.3) is 0 Å². The SMILES string of the molecule is NC(CSc1ccccc1)Cc1ccc(O)cc1. The first-order chi connectivity index (χ1) is 8.74. The summed E-state index contributed by atoms with van der Waals surface area (Å²) in [4.78, 5) is 1.25. The number of aromatic hydroxyl groups is 1. The molecule has 2 nitrogen and oxygen atoms in total. The fourth-order valence-corrected chi connectivity index (χ4v) is 2.59. The molecule has 0 saturated carbocycles. The zero-order valence-corrected chi connectivity index (χ0v) is 10.9. The van der Waals surface area contributed by atoms with E-state index in [1.54, 1.807) is 23.9 Å². The van der Waals surface area contributed by atoms with Crippen LogP contribution in [-0.2, 0) is 6.42 Å². The highest BCUT2D eigenvalue weighted by Crippen LogP contribution is 2.19. The van der Waals surface area contributed by atoms with Crippen LogP contribution in [0.1, 0.15) is 5.56 Å². The molecule has 0 saturated heterocycles. The normalized spacial score (nSPS) is 12.3. The minimum Gasteiger partial charge on any atom is -0.508 e. The third-order valence-corrected chi connectivity index (χ3v) is 3.84. The van der Waals surface area contributed by atoms with Gasteiger partial charge in [0.15, 0.2) is 0 Å². The molecular weight excluding hydrogens is 242 g/mol. The van der Waals surface area contributed by atoms with Crippen molar-refractivity contribution in [1.29, 1.82) is 0 Å². The number of hydrogen-bond donors (Lipinski definition) is 2. The molecule has 1 unspecified atom stereocenters. The van der Waals surface area contributed by atoms with Gasteiger partial charge in [0.05, 0.1) is 0 Å². The third kappa shape index (κ3) is 4.09. The van der Waals surface area contributed by atoms with Gasteiger partial charge in [0.2, 0.25) is 0 Å². The molecule has 3 N–H and O–H groups in total. The zero-order chi connectivity index (χ0) is 12.8. The largest absolute Gasteiger partial charge is 0.508 e. The van der Waals surface area contributed by atoms with Crippen molar-refractivity contribution in [2.24, 2.45) is 5.73 Å². The summed E-state index contributed by atoms with van der Waals surface area (Å²) in [7, 11) is 0. The molecule has 94 valence electrons. The minimum absolute atomic E-state index is 0.125. The summed E-state index contributed by atoms with van der Waals surface area (Å²) < 4.78 is 0. The number of phenolic OH excluding ortho intramolecular Hbond substituents is 1. The van der Waals surface area contributed by atoms with Gasteiger partial charge in [-0.25, -0.2) is 0 Å². The Hall–Kier alpha value is -1.45. The first-order valence-corrected chi connectivity index (χ1v) is 6.94. The topological polar surface area (TPSA) is 46.2 Å². The number of benzene rings is 2. The van der Waals surface area contributed by atoms with E-state index < -0.39 is 0 Å². The molecule has 3 heteroatoms. The van der Waals surface area contributed by atoms with E-state index in [2.05, 4.69) is 12.1 Å². The number of hydrogen-bond acceptors (Lipinski definition) is 3. The molecule has 0 aliphatic rings. The lowest BCUT2D eigenvalue weighted by Crippen LogP contribution is -2.25. The molecule has 2 aromatic carbocycles. The highest BCUT2D eigenvalue weighted by atomic mass is 32.2. The highest BCUT2D eigenvalue weighted by Gasteiger charge is 2.05. The van der Waals surface area contributed by atoms with E-state index in [-0.39, 0.29) is 6.04 Å². The third-order valence-electron chi connectivity index (χ3n) is 2.64. The minimum atomic E-state index is 0.125. The fourth-order valence-electron chi connectivity index (χ4n) is 1.71. The molecule has 2 rings (SSSR count). The van der Waals surface area contributed by atoms with Gasteiger partial charge in [0, 0.05) is 16.7 Å². The molecule has 0 radical (unpaired) electrons. The van der Waals surface area contributed by atoms with E-state index in [4.69, 9.17) is 5.73 Å². The molecule has 0 spiro atoms. The van der Waals surface area contributed by atoms with Crippen molar-refractivity contribution in [3.05, 3.63) is 60.2 Å². The van der Waals surface area contributed by atoms with Crippen molar-refractivity contribution in [2.75, 3.05) is 5.75 Å². The predicted octanol–water partition coefficient (Wildman–Crippen LogP) is 3.05. The van der Waals surface area contributed by atoms with Crippen LogP contribution >= 0.6 is 11.8 Å². The molecule has 0 fully saturated rings.